The molecule has 0 bridgehead atoms. The predicted molar refractivity (Wildman–Crippen MR) is 143 cm³/mol. The lowest BCUT2D eigenvalue weighted by Gasteiger charge is -2.36. The standard InChI is InChI=1S/C30H34N6/c1-21-30-27-11-10-24(23-12-15-35(16-13-23)26-8-3-2-4-9-26)19-28(27)29(14-17-36(30)34-33-21)32-25-7-5-6-22(18-25)20-31/h5-7,10-12,18-19,26,29,32H,2-4,8-9,13-17H2,1H3. The summed E-state index contributed by atoms with van der Waals surface area (Å²) >= 11 is 0. The van der Waals surface area contributed by atoms with Crippen LogP contribution in [-0.4, -0.2) is 39.0 Å². The van der Waals surface area contributed by atoms with E-state index in [-0.39, 0.29) is 6.04 Å². The summed E-state index contributed by atoms with van der Waals surface area (Å²) in [6, 6.07) is 17.9. The van der Waals surface area contributed by atoms with E-state index in [1.807, 2.05) is 35.9 Å². The Bertz CT molecular complexity index is 1320. The van der Waals surface area contributed by atoms with E-state index in [0.717, 1.165) is 55.6 Å². The number of nitriles is 1. The maximum absolute atomic E-state index is 9.37. The fourth-order valence-corrected chi connectivity index (χ4v) is 6.32. The van der Waals surface area contributed by atoms with Gasteiger partial charge in [0, 0.05) is 36.9 Å². The largest absolute Gasteiger partial charge is 0.378 e. The third kappa shape index (κ3) is 4.44. The summed E-state index contributed by atoms with van der Waals surface area (Å²) in [6.07, 6.45) is 11.4. The molecule has 2 aromatic carbocycles. The summed E-state index contributed by atoms with van der Waals surface area (Å²) in [6.45, 7) is 5.07. The highest BCUT2D eigenvalue weighted by Gasteiger charge is 2.27. The van der Waals surface area contributed by atoms with Crippen LogP contribution in [0.2, 0.25) is 0 Å². The molecule has 3 aromatic rings. The zero-order chi connectivity index (χ0) is 24.5. The fourth-order valence-electron chi connectivity index (χ4n) is 6.32. The first-order chi connectivity index (χ1) is 17.7. The quantitative estimate of drug-likeness (QED) is 0.490. The second kappa shape index (κ2) is 9.91. The first kappa shape index (κ1) is 23.0. The molecule has 1 atom stereocenters. The van der Waals surface area contributed by atoms with Crippen LogP contribution in [0, 0.1) is 18.3 Å². The summed E-state index contributed by atoms with van der Waals surface area (Å²) < 4.78 is 2.04. The van der Waals surface area contributed by atoms with Gasteiger partial charge in [-0.3, -0.25) is 4.90 Å². The third-order valence-corrected chi connectivity index (χ3v) is 8.25. The Kier molecular flexibility index (Phi) is 6.33. The van der Waals surface area contributed by atoms with E-state index in [2.05, 4.69) is 50.9 Å². The van der Waals surface area contributed by atoms with Gasteiger partial charge in [0.05, 0.1) is 29.1 Å². The van der Waals surface area contributed by atoms with Gasteiger partial charge in [-0.05, 0) is 73.6 Å². The smallest absolute Gasteiger partial charge is 0.0992 e. The fraction of sp³-hybridized carbons (Fsp3) is 0.433. The van der Waals surface area contributed by atoms with E-state index in [1.54, 1.807) is 0 Å². The van der Waals surface area contributed by atoms with Crippen molar-refractivity contribution in [2.24, 2.45) is 0 Å². The average molecular weight is 479 g/mol. The van der Waals surface area contributed by atoms with Gasteiger partial charge in [0.1, 0.15) is 0 Å². The number of hydrogen-bond donors (Lipinski definition) is 1. The molecule has 1 aromatic heterocycles. The van der Waals surface area contributed by atoms with Gasteiger partial charge in [-0.15, -0.1) is 5.10 Å². The topological polar surface area (TPSA) is 69.8 Å². The van der Waals surface area contributed by atoms with Crippen LogP contribution >= 0.6 is 0 Å². The highest BCUT2D eigenvalue weighted by molar-refractivity contribution is 5.75. The summed E-state index contributed by atoms with van der Waals surface area (Å²) in [7, 11) is 0. The SMILES string of the molecule is Cc1nnn2c1-c1ccc(C3=CCN(C4CCCCC4)CC3)cc1C(Nc1cccc(C#N)c1)CC2. The molecular formula is C30H34N6. The van der Waals surface area contributed by atoms with E-state index in [0.29, 0.717) is 5.56 Å². The molecule has 0 radical (unpaired) electrons. The molecule has 0 spiro atoms. The first-order valence-corrected chi connectivity index (χ1v) is 13.4. The summed E-state index contributed by atoms with van der Waals surface area (Å²) in [5.41, 5.74) is 9.01. The molecule has 1 saturated carbocycles. The number of hydrogen-bond acceptors (Lipinski definition) is 5. The Balaban J connectivity index is 1.33. The Morgan fingerprint density at radius 1 is 1.03 bits per heavy atom. The van der Waals surface area contributed by atoms with E-state index in [9.17, 15) is 5.26 Å². The van der Waals surface area contributed by atoms with Gasteiger partial charge in [-0.2, -0.15) is 5.26 Å². The maximum atomic E-state index is 9.37. The molecule has 6 nitrogen and oxygen atoms in total. The van der Waals surface area contributed by atoms with E-state index >= 15 is 0 Å². The Labute approximate surface area is 213 Å². The Hall–Kier alpha value is -3.43. The summed E-state index contributed by atoms with van der Waals surface area (Å²) in [5.74, 6) is 0. The Morgan fingerprint density at radius 3 is 2.72 bits per heavy atom. The Morgan fingerprint density at radius 2 is 1.92 bits per heavy atom. The molecule has 3 aliphatic rings. The predicted octanol–water partition coefficient (Wildman–Crippen LogP) is 6.10. The van der Waals surface area contributed by atoms with E-state index < -0.39 is 0 Å². The monoisotopic (exact) mass is 478 g/mol. The number of rotatable bonds is 4. The van der Waals surface area contributed by atoms with Crippen molar-refractivity contribution in [2.75, 3.05) is 18.4 Å². The third-order valence-electron chi connectivity index (χ3n) is 8.25. The molecule has 2 aliphatic heterocycles. The number of fused-ring (bicyclic) bond motifs is 3. The van der Waals surface area contributed by atoms with Gasteiger partial charge in [-0.1, -0.05) is 48.8 Å². The van der Waals surface area contributed by atoms with Crippen molar-refractivity contribution in [3.8, 4) is 17.3 Å². The second-order valence-electron chi connectivity index (χ2n) is 10.5. The van der Waals surface area contributed by atoms with E-state index in [1.165, 1.54) is 54.4 Å². The molecular weight excluding hydrogens is 444 g/mol. The van der Waals surface area contributed by atoms with Crippen molar-refractivity contribution in [2.45, 2.75) is 70.5 Å². The number of nitrogens with one attached hydrogen (secondary N) is 1. The van der Waals surface area contributed by atoms with Crippen molar-refractivity contribution in [3.05, 3.63) is 70.9 Å². The van der Waals surface area contributed by atoms with E-state index in [4.69, 9.17) is 0 Å². The van der Waals surface area contributed by atoms with Crippen LogP contribution in [-0.2, 0) is 6.54 Å². The van der Waals surface area contributed by atoms with Gasteiger partial charge in [0.15, 0.2) is 0 Å². The molecule has 1 unspecified atom stereocenters. The minimum atomic E-state index is 0.123. The lowest BCUT2D eigenvalue weighted by atomic mass is 9.89. The van der Waals surface area contributed by atoms with Crippen LogP contribution in [0.5, 0.6) is 0 Å². The van der Waals surface area contributed by atoms with Crippen LogP contribution < -0.4 is 5.32 Å². The molecule has 184 valence electrons. The molecule has 3 heterocycles. The molecule has 1 aliphatic carbocycles. The zero-order valence-corrected chi connectivity index (χ0v) is 21.1. The van der Waals surface area contributed by atoms with Gasteiger partial charge >= 0.3 is 0 Å². The number of aryl methyl sites for hydroxylation is 2. The molecule has 1 fully saturated rings. The number of anilines is 1. The molecule has 1 N–H and O–H groups in total. The summed E-state index contributed by atoms with van der Waals surface area (Å²) in [5, 5.41) is 21.9. The minimum absolute atomic E-state index is 0.123. The average Bonchev–Trinajstić information content (AvgIpc) is 3.23. The molecule has 36 heavy (non-hydrogen) atoms. The van der Waals surface area contributed by atoms with Crippen molar-refractivity contribution in [1.82, 2.24) is 19.9 Å². The zero-order valence-electron chi connectivity index (χ0n) is 21.1. The molecule has 0 saturated heterocycles. The molecule has 6 heteroatoms. The van der Waals surface area contributed by atoms with Crippen molar-refractivity contribution >= 4 is 11.3 Å². The maximum Gasteiger partial charge on any atom is 0.0992 e. The van der Waals surface area contributed by atoms with Crippen LogP contribution in [0.25, 0.3) is 16.8 Å². The van der Waals surface area contributed by atoms with Gasteiger partial charge in [-0.25, -0.2) is 4.68 Å². The number of nitrogens with zero attached hydrogens (tertiary/aromatic N) is 5. The van der Waals surface area contributed by atoms with Gasteiger partial charge in [0.25, 0.3) is 0 Å². The van der Waals surface area contributed by atoms with Crippen LogP contribution in [0.4, 0.5) is 5.69 Å². The molecule has 0 amide bonds. The number of aromatic nitrogens is 3. The number of benzene rings is 2. The first-order valence-electron chi connectivity index (χ1n) is 13.4. The lowest BCUT2D eigenvalue weighted by Crippen LogP contribution is -2.39. The van der Waals surface area contributed by atoms with Crippen LogP contribution in [0.15, 0.2) is 48.5 Å². The lowest BCUT2D eigenvalue weighted by molar-refractivity contribution is 0.171. The van der Waals surface area contributed by atoms with Gasteiger partial charge in [0.2, 0.25) is 0 Å². The summed E-state index contributed by atoms with van der Waals surface area (Å²) in [4.78, 5) is 2.70. The normalized spacial score (nSPS) is 20.6. The minimum Gasteiger partial charge on any atom is -0.378 e. The van der Waals surface area contributed by atoms with Crippen LogP contribution in [0.3, 0.4) is 0 Å². The van der Waals surface area contributed by atoms with Gasteiger partial charge < -0.3 is 5.32 Å². The molecule has 6 rings (SSSR count). The van der Waals surface area contributed by atoms with Crippen molar-refractivity contribution in [1.29, 1.82) is 5.26 Å². The van der Waals surface area contributed by atoms with Crippen LogP contribution in [0.1, 0.15) is 73.4 Å². The van der Waals surface area contributed by atoms with Crippen molar-refractivity contribution in [3.63, 3.8) is 0 Å². The second-order valence-corrected chi connectivity index (χ2v) is 10.5. The highest BCUT2D eigenvalue weighted by Crippen LogP contribution is 2.39. The highest BCUT2D eigenvalue weighted by atomic mass is 15.4. The van der Waals surface area contributed by atoms with Crippen molar-refractivity contribution < 1.29 is 0 Å².